The first-order valence-electron chi connectivity index (χ1n) is 5.57. The van der Waals surface area contributed by atoms with Gasteiger partial charge >= 0.3 is 6.03 Å². The minimum Gasteiger partial charge on any atom is -0.399 e. The molecule has 2 amide bonds. The highest BCUT2D eigenvalue weighted by molar-refractivity contribution is 7.90. The standard InChI is InChI=1S/C11H15N3O3S/c1-7-4-8(12)6-10(5-7)18(16,17)14-11(15)13-9-2-3-9/h4-6,9H,2-3,12H2,1H3,(H2,13,14,15). The second-order valence-corrected chi connectivity index (χ2v) is 6.12. The van der Waals surface area contributed by atoms with E-state index in [2.05, 4.69) is 5.32 Å². The van der Waals surface area contributed by atoms with Crippen molar-refractivity contribution in [2.24, 2.45) is 0 Å². The first kappa shape index (κ1) is 12.7. The summed E-state index contributed by atoms with van der Waals surface area (Å²) in [6, 6.07) is 3.84. The fourth-order valence-corrected chi connectivity index (χ4v) is 2.61. The lowest BCUT2D eigenvalue weighted by molar-refractivity contribution is 0.245. The highest BCUT2D eigenvalue weighted by Gasteiger charge is 2.26. The van der Waals surface area contributed by atoms with Gasteiger partial charge < -0.3 is 11.1 Å². The molecule has 0 bridgehead atoms. The molecule has 1 aromatic rings. The van der Waals surface area contributed by atoms with Gasteiger partial charge in [0.2, 0.25) is 0 Å². The number of rotatable bonds is 3. The van der Waals surface area contributed by atoms with E-state index in [-0.39, 0.29) is 10.9 Å². The lowest BCUT2D eigenvalue weighted by Crippen LogP contribution is -2.40. The summed E-state index contributed by atoms with van der Waals surface area (Å²) in [6.45, 7) is 1.74. The van der Waals surface area contributed by atoms with Crippen LogP contribution in [0.4, 0.5) is 10.5 Å². The number of nitrogen functional groups attached to an aromatic ring is 1. The van der Waals surface area contributed by atoms with Crippen LogP contribution < -0.4 is 15.8 Å². The smallest absolute Gasteiger partial charge is 0.328 e. The van der Waals surface area contributed by atoms with Gasteiger partial charge in [-0.3, -0.25) is 0 Å². The van der Waals surface area contributed by atoms with Crippen molar-refractivity contribution in [3.05, 3.63) is 23.8 Å². The van der Waals surface area contributed by atoms with Crippen LogP contribution in [0.3, 0.4) is 0 Å². The van der Waals surface area contributed by atoms with E-state index in [0.717, 1.165) is 18.4 Å². The first-order valence-corrected chi connectivity index (χ1v) is 7.05. The molecule has 2 rings (SSSR count). The van der Waals surface area contributed by atoms with Crippen molar-refractivity contribution in [3.63, 3.8) is 0 Å². The molecule has 18 heavy (non-hydrogen) atoms. The third-order valence-corrected chi connectivity index (χ3v) is 3.83. The van der Waals surface area contributed by atoms with E-state index in [9.17, 15) is 13.2 Å². The number of sulfonamides is 1. The molecule has 1 aliphatic carbocycles. The SMILES string of the molecule is Cc1cc(N)cc(S(=O)(=O)NC(=O)NC2CC2)c1. The quantitative estimate of drug-likeness (QED) is 0.704. The molecule has 0 aliphatic heterocycles. The van der Waals surface area contributed by atoms with Gasteiger partial charge in [0, 0.05) is 11.7 Å². The Labute approximate surface area is 106 Å². The molecule has 0 unspecified atom stereocenters. The number of carbonyl (C=O) groups is 1. The summed E-state index contributed by atoms with van der Waals surface area (Å²) >= 11 is 0. The Morgan fingerprint density at radius 1 is 1.33 bits per heavy atom. The average Bonchev–Trinajstić information content (AvgIpc) is 2.98. The number of anilines is 1. The van der Waals surface area contributed by atoms with Gasteiger partial charge in [-0.05, 0) is 43.5 Å². The van der Waals surface area contributed by atoms with E-state index >= 15 is 0 Å². The summed E-state index contributed by atoms with van der Waals surface area (Å²) in [5.41, 5.74) is 6.65. The number of amides is 2. The van der Waals surface area contributed by atoms with E-state index in [1.807, 2.05) is 4.72 Å². The Kier molecular flexibility index (Phi) is 3.16. The number of hydrogen-bond acceptors (Lipinski definition) is 4. The third kappa shape index (κ3) is 3.13. The molecule has 0 radical (unpaired) electrons. The number of aryl methyl sites for hydroxylation is 1. The summed E-state index contributed by atoms with van der Waals surface area (Å²) < 4.78 is 25.8. The van der Waals surface area contributed by atoms with Gasteiger partial charge in [0.15, 0.2) is 0 Å². The van der Waals surface area contributed by atoms with Crippen molar-refractivity contribution in [1.29, 1.82) is 0 Å². The molecule has 1 saturated carbocycles. The van der Waals surface area contributed by atoms with E-state index in [0.29, 0.717) is 5.69 Å². The fourth-order valence-electron chi connectivity index (χ4n) is 1.56. The summed E-state index contributed by atoms with van der Waals surface area (Å²) in [4.78, 5) is 11.4. The molecule has 1 aliphatic rings. The number of carbonyl (C=O) groups excluding carboxylic acids is 1. The van der Waals surface area contributed by atoms with Crippen LogP contribution in [0.1, 0.15) is 18.4 Å². The normalized spacial score (nSPS) is 15.2. The van der Waals surface area contributed by atoms with E-state index in [1.54, 1.807) is 13.0 Å². The monoisotopic (exact) mass is 269 g/mol. The number of nitrogens with one attached hydrogen (secondary N) is 2. The van der Waals surface area contributed by atoms with Gasteiger partial charge in [-0.2, -0.15) is 0 Å². The average molecular weight is 269 g/mol. The number of hydrogen-bond donors (Lipinski definition) is 3. The molecular formula is C11H15N3O3S. The van der Waals surface area contributed by atoms with Crippen molar-refractivity contribution >= 4 is 21.7 Å². The molecule has 7 heteroatoms. The van der Waals surface area contributed by atoms with Crippen LogP contribution in [0.25, 0.3) is 0 Å². The molecule has 0 spiro atoms. The topological polar surface area (TPSA) is 101 Å². The molecular weight excluding hydrogens is 254 g/mol. The van der Waals surface area contributed by atoms with Crippen molar-refractivity contribution in [1.82, 2.24) is 10.0 Å². The van der Waals surface area contributed by atoms with Crippen LogP contribution >= 0.6 is 0 Å². The lowest BCUT2D eigenvalue weighted by atomic mass is 10.2. The van der Waals surface area contributed by atoms with Gasteiger partial charge in [-0.1, -0.05) is 0 Å². The minimum atomic E-state index is -3.86. The van der Waals surface area contributed by atoms with E-state index in [1.165, 1.54) is 12.1 Å². The Morgan fingerprint density at radius 3 is 2.56 bits per heavy atom. The number of nitrogens with two attached hydrogens (primary N) is 1. The Hall–Kier alpha value is -1.76. The van der Waals surface area contributed by atoms with Crippen LogP contribution in [-0.4, -0.2) is 20.5 Å². The number of benzene rings is 1. The van der Waals surface area contributed by atoms with Crippen LogP contribution in [0.2, 0.25) is 0 Å². The summed E-state index contributed by atoms with van der Waals surface area (Å²) in [7, 11) is -3.86. The second kappa shape index (κ2) is 4.49. The predicted molar refractivity (Wildman–Crippen MR) is 67.5 cm³/mol. The highest BCUT2D eigenvalue weighted by Crippen LogP contribution is 2.19. The zero-order valence-corrected chi connectivity index (χ0v) is 10.8. The largest absolute Gasteiger partial charge is 0.399 e. The van der Waals surface area contributed by atoms with Crippen LogP contribution in [0.15, 0.2) is 23.1 Å². The Morgan fingerprint density at radius 2 is 2.00 bits per heavy atom. The molecule has 4 N–H and O–H groups in total. The van der Waals surface area contributed by atoms with Gasteiger partial charge in [0.1, 0.15) is 0 Å². The molecule has 0 saturated heterocycles. The van der Waals surface area contributed by atoms with Crippen molar-refractivity contribution in [3.8, 4) is 0 Å². The summed E-state index contributed by atoms with van der Waals surface area (Å²) in [5, 5.41) is 2.55. The zero-order valence-electron chi connectivity index (χ0n) is 9.93. The van der Waals surface area contributed by atoms with Gasteiger partial charge in [-0.25, -0.2) is 17.9 Å². The molecule has 0 atom stereocenters. The second-order valence-electron chi connectivity index (χ2n) is 4.43. The first-order chi connectivity index (χ1) is 8.37. The lowest BCUT2D eigenvalue weighted by Gasteiger charge is -2.09. The molecule has 1 aromatic carbocycles. The number of urea groups is 1. The predicted octanol–water partition coefficient (Wildman–Crippen LogP) is 0.728. The van der Waals surface area contributed by atoms with E-state index in [4.69, 9.17) is 5.73 Å². The molecule has 6 nitrogen and oxygen atoms in total. The third-order valence-electron chi connectivity index (χ3n) is 2.52. The maximum Gasteiger partial charge on any atom is 0.328 e. The van der Waals surface area contributed by atoms with Crippen LogP contribution in [0.5, 0.6) is 0 Å². The van der Waals surface area contributed by atoms with Crippen molar-refractivity contribution in [2.75, 3.05) is 5.73 Å². The summed E-state index contributed by atoms with van der Waals surface area (Å²) in [6.07, 6.45) is 1.79. The van der Waals surface area contributed by atoms with Gasteiger partial charge in [0.25, 0.3) is 10.0 Å². The molecule has 0 heterocycles. The molecule has 0 aromatic heterocycles. The van der Waals surface area contributed by atoms with Gasteiger partial charge in [-0.15, -0.1) is 0 Å². The summed E-state index contributed by atoms with van der Waals surface area (Å²) in [5.74, 6) is 0. The van der Waals surface area contributed by atoms with Crippen molar-refractivity contribution in [2.45, 2.75) is 30.7 Å². The van der Waals surface area contributed by atoms with Crippen molar-refractivity contribution < 1.29 is 13.2 Å². The highest BCUT2D eigenvalue weighted by atomic mass is 32.2. The molecule has 1 fully saturated rings. The maximum atomic E-state index is 11.9. The zero-order chi connectivity index (χ0) is 13.3. The Balaban J connectivity index is 2.16. The van der Waals surface area contributed by atoms with E-state index < -0.39 is 16.1 Å². The maximum absolute atomic E-state index is 11.9. The van der Waals surface area contributed by atoms with Crippen LogP contribution in [0, 0.1) is 6.92 Å². The van der Waals surface area contributed by atoms with Gasteiger partial charge in [0.05, 0.1) is 4.90 Å². The minimum absolute atomic E-state index is 0.00838. The molecule has 98 valence electrons. The Bertz CT molecular complexity index is 559. The van der Waals surface area contributed by atoms with Crippen LogP contribution in [-0.2, 0) is 10.0 Å². The fraction of sp³-hybridized carbons (Fsp3) is 0.364.